The molecule has 1 unspecified atom stereocenters. The van der Waals surface area contributed by atoms with E-state index in [0.29, 0.717) is 0 Å². The van der Waals surface area contributed by atoms with E-state index in [1.165, 1.54) is 58.4 Å². The van der Waals surface area contributed by atoms with Gasteiger partial charge in [0.1, 0.15) is 0 Å². The number of piperazine rings is 1. The first-order chi connectivity index (χ1) is 7.79. The highest BCUT2D eigenvalue weighted by Crippen LogP contribution is 2.30. The molecule has 0 amide bonds. The Bertz CT molecular complexity index is 195. The molecule has 0 aromatic carbocycles. The van der Waals surface area contributed by atoms with Crippen molar-refractivity contribution in [3.8, 4) is 0 Å². The molecule has 0 spiro atoms. The number of hydrogen-bond donors (Lipinski definition) is 1. The van der Waals surface area contributed by atoms with Crippen LogP contribution in [0.1, 0.15) is 32.6 Å². The Morgan fingerprint density at radius 2 is 1.88 bits per heavy atom. The average molecular weight is 225 g/mol. The Kier molecular flexibility index (Phi) is 4.62. The van der Waals surface area contributed by atoms with Crippen molar-refractivity contribution in [3.63, 3.8) is 0 Å². The van der Waals surface area contributed by atoms with Crippen LogP contribution in [0, 0.1) is 5.92 Å². The van der Waals surface area contributed by atoms with Crippen molar-refractivity contribution < 1.29 is 0 Å². The first kappa shape index (κ1) is 12.3. The van der Waals surface area contributed by atoms with E-state index >= 15 is 0 Å². The zero-order chi connectivity index (χ0) is 11.4. The van der Waals surface area contributed by atoms with Gasteiger partial charge in [0.05, 0.1) is 0 Å². The van der Waals surface area contributed by atoms with E-state index in [-0.39, 0.29) is 0 Å². The first-order valence-electron chi connectivity index (χ1n) is 6.96. The summed E-state index contributed by atoms with van der Waals surface area (Å²) in [5.74, 6) is 1.04. The molecular weight excluding hydrogens is 198 g/mol. The molecule has 1 aliphatic heterocycles. The van der Waals surface area contributed by atoms with Gasteiger partial charge in [-0.15, -0.1) is 0 Å². The fourth-order valence-corrected chi connectivity index (χ4v) is 2.65. The maximum Gasteiger partial charge on any atom is 0.0113 e. The molecule has 2 aliphatic rings. The lowest BCUT2D eigenvalue weighted by atomic mass is 10.1. The molecule has 1 aliphatic carbocycles. The van der Waals surface area contributed by atoms with Gasteiger partial charge in [0.25, 0.3) is 0 Å². The molecule has 3 nitrogen and oxygen atoms in total. The van der Waals surface area contributed by atoms with Gasteiger partial charge in [0.2, 0.25) is 0 Å². The van der Waals surface area contributed by atoms with Crippen LogP contribution in [0.5, 0.6) is 0 Å². The molecule has 1 heterocycles. The molecular formula is C13H27N3. The van der Waals surface area contributed by atoms with Crippen molar-refractivity contribution in [3.05, 3.63) is 0 Å². The van der Waals surface area contributed by atoms with Crippen LogP contribution in [0.25, 0.3) is 0 Å². The molecule has 16 heavy (non-hydrogen) atoms. The fraction of sp³-hybridized carbons (Fsp3) is 1.00. The number of rotatable bonds is 6. The minimum absolute atomic E-state index is 0.728. The van der Waals surface area contributed by atoms with Crippen molar-refractivity contribution in [2.24, 2.45) is 11.7 Å². The van der Waals surface area contributed by atoms with Gasteiger partial charge in [-0.1, -0.05) is 0 Å². The van der Waals surface area contributed by atoms with Gasteiger partial charge in [0, 0.05) is 38.8 Å². The van der Waals surface area contributed by atoms with Crippen LogP contribution in [-0.4, -0.2) is 55.1 Å². The van der Waals surface area contributed by atoms with Crippen LogP contribution in [0.4, 0.5) is 0 Å². The van der Waals surface area contributed by atoms with E-state index in [1.807, 2.05) is 0 Å². The number of nitrogens with zero attached hydrogens (tertiary/aromatic N) is 2. The molecule has 1 saturated heterocycles. The summed E-state index contributed by atoms with van der Waals surface area (Å²) in [6.45, 7) is 9.65. The summed E-state index contributed by atoms with van der Waals surface area (Å²) < 4.78 is 0. The van der Waals surface area contributed by atoms with Crippen molar-refractivity contribution in [1.82, 2.24) is 9.80 Å². The van der Waals surface area contributed by atoms with Gasteiger partial charge in [0.15, 0.2) is 0 Å². The minimum atomic E-state index is 0.728. The molecule has 0 bridgehead atoms. The third kappa shape index (κ3) is 3.72. The summed E-state index contributed by atoms with van der Waals surface area (Å²) in [5.41, 5.74) is 5.56. The molecule has 0 aromatic rings. The molecule has 2 rings (SSSR count). The third-order valence-electron chi connectivity index (χ3n) is 4.07. The summed E-state index contributed by atoms with van der Waals surface area (Å²) in [4.78, 5) is 5.29. The van der Waals surface area contributed by atoms with Crippen LogP contribution in [0.15, 0.2) is 0 Å². The molecule has 2 N–H and O–H groups in total. The van der Waals surface area contributed by atoms with Crippen LogP contribution in [0.3, 0.4) is 0 Å². The summed E-state index contributed by atoms with van der Waals surface area (Å²) in [5, 5.41) is 0. The Morgan fingerprint density at radius 3 is 2.44 bits per heavy atom. The Morgan fingerprint density at radius 1 is 1.19 bits per heavy atom. The van der Waals surface area contributed by atoms with E-state index < -0.39 is 0 Å². The highest BCUT2D eigenvalue weighted by atomic mass is 15.3. The Labute approximate surface area is 100.0 Å². The van der Waals surface area contributed by atoms with Gasteiger partial charge >= 0.3 is 0 Å². The average Bonchev–Trinajstić information content (AvgIpc) is 3.11. The van der Waals surface area contributed by atoms with Gasteiger partial charge in [-0.2, -0.15) is 0 Å². The highest BCUT2D eigenvalue weighted by molar-refractivity contribution is 4.82. The third-order valence-corrected chi connectivity index (χ3v) is 4.07. The maximum absolute atomic E-state index is 5.56. The standard InChI is InChI=1S/C13H27N3/c1-12(3-2-6-14)16-9-7-15(8-10-16)11-13-4-5-13/h12-13H,2-11,14H2,1H3. The van der Waals surface area contributed by atoms with E-state index in [4.69, 9.17) is 5.73 Å². The van der Waals surface area contributed by atoms with Crippen molar-refractivity contribution in [2.75, 3.05) is 39.3 Å². The second-order valence-electron chi connectivity index (χ2n) is 5.56. The predicted octanol–water partition coefficient (Wildman–Crippen LogP) is 1.14. The largest absolute Gasteiger partial charge is 0.330 e. The summed E-state index contributed by atoms with van der Waals surface area (Å²) >= 11 is 0. The van der Waals surface area contributed by atoms with Gasteiger partial charge in [-0.05, 0) is 45.1 Å². The Hall–Kier alpha value is -0.120. The van der Waals surface area contributed by atoms with Gasteiger partial charge < -0.3 is 10.6 Å². The lowest BCUT2D eigenvalue weighted by Gasteiger charge is -2.38. The first-order valence-corrected chi connectivity index (χ1v) is 6.96. The van der Waals surface area contributed by atoms with Gasteiger partial charge in [-0.3, -0.25) is 4.90 Å². The molecule has 3 heteroatoms. The predicted molar refractivity (Wildman–Crippen MR) is 68.5 cm³/mol. The minimum Gasteiger partial charge on any atom is -0.330 e. The topological polar surface area (TPSA) is 32.5 Å². The van der Waals surface area contributed by atoms with E-state index in [2.05, 4.69) is 16.7 Å². The van der Waals surface area contributed by atoms with Crippen LogP contribution >= 0.6 is 0 Å². The summed E-state index contributed by atoms with van der Waals surface area (Å²) in [6, 6.07) is 0.728. The van der Waals surface area contributed by atoms with Crippen LogP contribution in [0.2, 0.25) is 0 Å². The smallest absolute Gasteiger partial charge is 0.0113 e. The second-order valence-corrected chi connectivity index (χ2v) is 5.56. The van der Waals surface area contributed by atoms with E-state index in [1.54, 1.807) is 0 Å². The number of hydrogen-bond acceptors (Lipinski definition) is 3. The lowest BCUT2D eigenvalue weighted by Crippen LogP contribution is -2.50. The molecule has 94 valence electrons. The Balaban J connectivity index is 1.63. The zero-order valence-electron chi connectivity index (χ0n) is 10.7. The van der Waals surface area contributed by atoms with Gasteiger partial charge in [-0.25, -0.2) is 0 Å². The molecule has 1 saturated carbocycles. The zero-order valence-corrected chi connectivity index (χ0v) is 10.7. The van der Waals surface area contributed by atoms with Crippen LogP contribution < -0.4 is 5.73 Å². The lowest BCUT2D eigenvalue weighted by molar-refractivity contribution is 0.0954. The highest BCUT2D eigenvalue weighted by Gasteiger charge is 2.27. The molecule has 2 fully saturated rings. The van der Waals surface area contributed by atoms with Crippen molar-refractivity contribution in [1.29, 1.82) is 0 Å². The molecule has 0 aromatic heterocycles. The quantitative estimate of drug-likeness (QED) is 0.736. The van der Waals surface area contributed by atoms with Crippen molar-refractivity contribution >= 4 is 0 Å². The SMILES string of the molecule is CC(CCCN)N1CCN(CC2CC2)CC1. The maximum atomic E-state index is 5.56. The fourth-order valence-electron chi connectivity index (χ4n) is 2.65. The monoisotopic (exact) mass is 225 g/mol. The van der Waals surface area contributed by atoms with E-state index in [0.717, 1.165) is 18.5 Å². The second kappa shape index (κ2) is 5.99. The summed E-state index contributed by atoms with van der Waals surface area (Å²) in [7, 11) is 0. The van der Waals surface area contributed by atoms with E-state index in [9.17, 15) is 0 Å². The van der Waals surface area contributed by atoms with Crippen molar-refractivity contribution in [2.45, 2.75) is 38.6 Å². The number of nitrogens with two attached hydrogens (primary N) is 1. The molecule has 0 radical (unpaired) electrons. The molecule has 1 atom stereocenters. The van der Waals surface area contributed by atoms with Crippen LogP contribution in [-0.2, 0) is 0 Å². The summed E-state index contributed by atoms with van der Waals surface area (Å²) in [6.07, 6.45) is 5.39. The normalized spacial score (nSPS) is 25.9.